The highest BCUT2D eigenvalue weighted by Crippen LogP contribution is 2.06. The van der Waals surface area contributed by atoms with E-state index in [1.54, 1.807) is 0 Å². The summed E-state index contributed by atoms with van der Waals surface area (Å²) in [5.41, 5.74) is 1.51. The largest absolute Gasteiger partial charge is 0.313 e. The normalized spacial score (nSPS) is 13.2. The van der Waals surface area contributed by atoms with E-state index >= 15 is 0 Å². The molecule has 138 valence electrons. The lowest BCUT2D eigenvalue weighted by Gasteiger charge is -2.16. The van der Waals surface area contributed by atoms with Crippen LogP contribution in [0.2, 0.25) is 0 Å². The van der Waals surface area contributed by atoms with Crippen molar-refractivity contribution in [1.29, 1.82) is 0 Å². The summed E-state index contributed by atoms with van der Waals surface area (Å²) in [6.07, 6.45) is 0.956. The summed E-state index contributed by atoms with van der Waals surface area (Å²) in [6.45, 7) is 5.55. The van der Waals surface area contributed by atoms with Crippen molar-refractivity contribution in [3.05, 3.63) is 71.8 Å². The Bertz CT molecular complexity index is 624. The number of benzene rings is 2. The molecule has 0 aliphatic rings. The molecule has 2 rings (SSSR count). The molecule has 0 aliphatic carbocycles. The average molecular weight is 352 g/mol. The molecule has 2 aromatic rings. The highest BCUT2D eigenvalue weighted by molar-refractivity contribution is 5.96. The zero-order valence-corrected chi connectivity index (χ0v) is 15.6. The predicted molar refractivity (Wildman–Crippen MR) is 106 cm³/mol. The first-order valence-corrected chi connectivity index (χ1v) is 9.19. The maximum absolute atomic E-state index is 12.2. The first kappa shape index (κ1) is 20.0. The van der Waals surface area contributed by atoms with E-state index in [-0.39, 0.29) is 23.7 Å². The van der Waals surface area contributed by atoms with Crippen LogP contribution in [0.5, 0.6) is 0 Å². The van der Waals surface area contributed by atoms with Gasteiger partial charge in [0, 0.05) is 49.1 Å². The van der Waals surface area contributed by atoms with Gasteiger partial charge in [-0.3, -0.25) is 9.59 Å². The molecule has 0 amide bonds. The van der Waals surface area contributed by atoms with E-state index in [2.05, 4.69) is 10.6 Å². The van der Waals surface area contributed by atoms with Crippen LogP contribution in [0, 0.1) is 0 Å². The first-order valence-electron chi connectivity index (χ1n) is 9.19. The zero-order chi connectivity index (χ0) is 18.8. The molecule has 0 spiro atoms. The molecular weight excluding hydrogens is 324 g/mol. The van der Waals surface area contributed by atoms with Crippen LogP contribution in [-0.4, -0.2) is 36.7 Å². The van der Waals surface area contributed by atoms with E-state index in [1.807, 2.05) is 74.5 Å². The summed E-state index contributed by atoms with van der Waals surface area (Å²) in [4.78, 5) is 24.3. The Morgan fingerprint density at radius 3 is 1.38 bits per heavy atom. The van der Waals surface area contributed by atoms with Gasteiger partial charge in [0.1, 0.15) is 0 Å². The van der Waals surface area contributed by atoms with Crippen molar-refractivity contribution < 1.29 is 9.59 Å². The van der Waals surface area contributed by atoms with Crippen LogP contribution in [0.25, 0.3) is 0 Å². The van der Waals surface area contributed by atoms with Gasteiger partial charge in [0.05, 0.1) is 0 Å². The van der Waals surface area contributed by atoms with Gasteiger partial charge in [-0.25, -0.2) is 0 Å². The molecule has 2 atom stereocenters. The second-order valence-corrected chi connectivity index (χ2v) is 6.70. The van der Waals surface area contributed by atoms with Crippen LogP contribution in [-0.2, 0) is 0 Å². The summed E-state index contributed by atoms with van der Waals surface area (Å²) in [5.74, 6) is 0.306. The maximum atomic E-state index is 12.2. The van der Waals surface area contributed by atoms with Gasteiger partial charge in [0.25, 0.3) is 0 Å². The molecule has 0 aliphatic heterocycles. The van der Waals surface area contributed by atoms with Crippen molar-refractivity contribution in [3.63, 3.8) is 0 Å². The molecule has 0 saturated heterocycles. The van der Waals surface area contributed by atoms with E-state index < -0.39 is 0 Å². The molecule has 0 heterocycles. The van der Waals surface area contributed by atoms with E-state index in [1.165, 1.54) is 0 Å². The van der Waals surface area contributed by atoms with Gasteiger partial charge in [-0.1, -0.05) is 60.7 Å². The van der Waals surface area contributed by atoms with Crippen molar-refractivity contribution in [3.8, 4) is 0 Å². The van der Waals surface area contributed by atoms with E-state index in [0.717, 1.165) is 24.2 Å². The Morgan fingerprint density at radius 2 is 1.04 bits per heavy atom. The Balaban J connectivity index is 1.62. The standard InChI is InChI=1S/C22H28N2O2/c1-17(15-21(25)19-9-5-3-6-10-19)23-13-14-24-18(2)16-22(26)20-11-7-4-8-12-20/h3-12,17-18,23-24H,13-16H2,1-2H3. The number of Topliss-reactive ketones (excluding diaryl/α,β-unsaturated/α-hetero) is 2. The van der Waals surface area contributed by atoms with E-state index in [0.29, 0.717) is 12.8 Å². The van der Waals surface area contributed by atoms with Crippen LogP contribution in [0.15, 0.2) is 60.7 Å². The first-order chi connectivity index (χ1) is 12.6. The van der Waals surface area contributed by atoms with Crippen LogP contribution in [0.1, 0.15) is 47.4 Å². The number of hydrogen-bond donors (Lipinski definition) is 2. The lowest BCUT2D eigenvalue weighted by molar-refractivity contribution is 0.0961. The van der Waals surface area contributed by atoms with Gasteiger partial charge in [-0.15, -0.1) is 0 Å². The van der Waals surface area contributed by atoms with Crippen molar-refractivity contribution in [1.82, 2.24) is 10.6 Å². The molecule has 0 fully saturated rings. The van der Waals surface area contributed by atoms with Gasteiger partial charge in [0.2, 0.25) is 0 Å². The fourth-order valence-corrected chi connectivity index (χ4v) is 2.82. The minimum atomic E-state index is 0.116. The second kappa shape index (κ2) is 10.6. The molecule has 4 heteroatoms. The quantitative estimate of drug-likeness (QED) is 0.480. The molecule has 0 radical (unpaired) electrons. The van der Waals surface area contributed by atoms with Crippen molar-refractivity contribution >= 4 is 11.6 Å². The SMILES string of the molecule is CC(CC(=O)c1ccccc1)NCCNC(C)CC(=O)c1ccccc1. The van der Waals surface area contributed by atoms with Crippen LogP contribution >= 0.6 is 0 Å². The average Bonchev–Trinajstić information content (AvgIpc) is 2.66. The third-order valence-corrected chi connectivity index (χ3v) is 4.29. The third kappa shape index (κ3) is 6.90. The van der Waals surface area contributed by atoms with E-state index in [4.69, 9.17) is 0 Å². The molecule has 2 unspecified atom stereocenters. The Kier molecular flexibility index (Phi) is 8.19. The van der Waals surface area contributed by atoms with Gasteiger partial charge >= 0.3 is 0 Å². The van der Waals surface area contributed by atoms with Crippen molar-refractivity contribution in [2.45, 2.75) is 38.8 Å². The number of rotatable bonds is 11. The molecule has 2 N–H and O–H groups in total. The van der Waals surface area contributed by atoms with Crippen molar-refractivity contribution in [2.75, 3.05) is 13.1 Å². The highest BCUT2D eigenvalue weighted by atomic mass is 16.1. The van der Waals surface area contributed by atoms with Gasteiger partial charge < -0.3 is 10.6 Å². The Morgan fingerprint density at radius 1 is 0.692 bits per heavy atom. The van der Waals surface area contributed by atoms with Gasteiger partial charge in [0.15, 0.2) is 11.6 Å². The molecule has 26 heavy (non-hydrogen) atoms. The Labute approximate surface area is 156 Å². The number of ketones is 2. The van der Waals surface area contributed by atoms with Crippen LogP contribution in [0.3, 0.4) is 0 Å². The minimum absolute atomic E-state index is 0.116. The lowest BCUT2D eigenvalue weighted by atomic mass is 10.0. The second-order valence-electron chi connectivity index (χ2n) is 6.70. The Hall–Kier alpha value is -2.30. The maximum Gasteiger partial charge on any atom is 0.164 e. The third-order valence-electron chi connectivity index (χ3n) is 4.29. The zero-order valence-electron chi connectivity index (χ0n) is 15.6. The smallest absolute Gasteiger partial charge is 0.164 e. The fourth-order valence-electron chi connectivity index (χ4n) is 2.82. The summed E-state index contributed by atoms with van der Waals surface area (Å²) >= 11 is 0. The monoisotopic (exact) mass is 352 g/mol. The molecular formula is C22H28N2O2. The van der Waals surface area contributed by atoms with Gasteiger partial charge in [-0.2, -0.15) is 0 Å². The number of carbonyl (C=O) groups is 2. The van der Waals surface area contributed by atoms with Crippen LogP contribution in [0.4, 0.5) is 0 Å². The van der Waals surface area contributed by atoms with E-state index in [9.17, 15) is 9.59 Å². The molecule has 2 aromatic carbocycles. The summed E-state index contributed by atoms with van der Waals surface area (Å²) in [7, 11) is 0. The highest BCUT2D eigenvalue weighted by Gasteiger charge is 2.12. The fraction of sp³-hybridized carbons (Fsp3) is 0.364. The van der Waals surface area contributed by atoms with Crippen molar-refractivity contribution in [2.24, 2.45) is 0 Å². The number of hydrogen-bond acceptors (Lipinski definition) is 4. The van der Waals surface area contributed by atoms with Gasteiger partial charge in [-0.05, 0) is 13.8 Å². The predicted octanol–water partition coefficient (Wildman–Crippen LogP) is 3.49. The topological polar surface area (TPSA) is 58.2 Å². The number of carbonyl (C=O) groups excluding carboxylic acids is 2. The summed E-state index contributed by atoms with van der Waals surface area (Å²) in [6, 6.07) is 19.0. The summed E-state index contributed by atoms with van der Waals surface area (Å²) < 4.78 is 0. The molecule has 0 aromatic heterocycles. The molecule has 0 bridgehead atoms. The minimum Gasteiger partial charge on any atom is -0.313 e. The lowest BCUT2D eigenvalue weighted by Crippen LogP contribution is -2.38. The van der Waals surface area contributed by atoms with Crippen LogP contribution < -0.4 is 10.6 Å². The molecule has 4 nitrogen and oxygen atoms in total. The molecule has 0 saturated carbocycles. The number of nitrogens with one attached hydrogen (secondary N) is 2. The summed E-state index contributed by atoms with van der Waals surface area (Å²) in [5, 5.41) is 6.71.